The van der Waals surface area contributed by atoms with E-state index in [1.165, 1.54) is 12.8 Å². The molecule has 168 valence electrons. The summed E-state index contributed by atoms with van der Waals surface area (Å²) in [7, 11) is 0. The molecule has 4 heterocycles. The Labute approximate surface area is 192 Å². The molecule has 1 saturated heterocycles. The summed E-state index contributed by atoms with van der Waals surface area (Å²) in [5.41, 5.74) is 2.94. The predicted molar refractivity (Wildman–Crippen MR) is 125 cm³/mol. The molecule has 3 aromatic heterocycles. The van der Waals surface area contributed by atoms with Gasteiger partial charge < -0.3 is 14.8 Å². The molecule has 1 aliphatic carbocycles. The summed E-state index contributed by atoms with van der Waals surface area (Å²) in [5.74, 6) is 2.14. The van der Waals surface area contributed by atoms with Gasteiger partial charge in [-0.05, 0) is 18.9 Å². The molecular weight excluding hydrogens is 416 g/mol. The van der Waals surface area contributed by atoms with Gasteiger partial charge in [0.2, 0.25) is 0 Å². The average Bonchev–Trinajstić information content (AvgIpc) is 3.44. The summed E-state index contributed by atoms with van der Waals surface area (Å²) >= 11 is 0. The highest BCUT2D eigenvalue weighted by Gasteiger charge is 2.34. The lowest BCUT2D eigenvalue weighted by Gasteiger charge is -2.37. The second kappa shape index (κ2) is 8.04. The van der Waals surface area contributed by atoms with Crippen molar-refractivity contribution in [1.82, 2.24) is 24.5 Å². The van der Waals surface area contributed by atoms with Crippen LogP contribution in [0, 0.1) is 5.41 Å². The fraction of sp³-hybridized carbons (Fsp3) is 0.320. The fourth-order valence-electron chi connectivity index (χ4n) is 4.04. The van der Waals surface area contributed by atoms with Crippen molar-refractivity contribution in [2.45, 2.75) is 32.4 Å². The topological polar surface area (TPSA) is 79.0 Å². The number of anilines is 2. The first-order chi connectivity index (χ1) is 16.1. The molecule has 1 aromatic carbocycles. The third kappa shape index (κ3) is 4.34. The number of aromatic nitrogens is 5. The molecule has 1 aliphatic heterocycles. The van der Waals surface area contributed by atoms with Crippen LogP contribution in [0.4, 0.5) is 11.5 Å². The number of nitrogens with zero attached hydrogens (tertiary/aromatic N) is 5. The van der Waals surface area contributed by atoms with Crippen LogP contribution < -0.4 is 10.1 Å². The van der Waals surface area contributed by atoms with Crippen LogP contribution in [-0.4, -0.2) is 37.8 Å². The Kier molecular flexibility index (Phi) is 4.87. The second-order valence-corrected chi connectivity index (χ2v) is 9.25. The number of rotatable bonds is 8. The van der Waals surface area contributed by atoms with Gasteiger partial charge in [0.15, 0.2) is 5.75 Å². The molecule has 1 saturated carbocycles. The average molecular weight is 443 g/mol. The first-order valence-electron chi connectivity index (χ1n) is 11.3. The molecule has 33 heavy (non-hydrogen) atoms. The molecule has 0 spiro atoms. The van der Waals surface area contributed by atoms with Gasteiger partial charge in [0.25, 0.3) is 0 Å². The van der Waals surface area contributed by atoms with Crippen LogP contribution in [-0.2, 0) is 11.3 Å². The highest BCUT2D eigenvalue weighted by Crippen LogP contribution is 2.39. The Bertz CT molecular complexity index is 1260. The van der Waals surface area contributed by atoms with Crippen LogP contribution in [0.1, 0.15) is 25.8 Å². The number of ether oxygens (including phenoxy) is 2. The standard InChI is InChI=1S/C25H26N6O2/c1-25(16-32-17-25)15-30-13-19(12-27-30)28-23-11-21(9-10-26-23)33-22-14-31(20-7-8-20)29-24(22)18-5-3-2-4-6-18/h2-6,9-14,20H,7-8,15-17H2,1H3,(H,26,28). The van der Waals surface area contributed by atoms with Crippen molar-refractivity contribution in [2.24, 2.45) is 5.41 Å². The minimum Gasteiger partial charge on any atom is -0.453 e. The molecule has 0 atom stereocenters. The van der Waals surface area contributed by atoms with E-state index in [4.69, 9.17) is 14.6 Å². The summed E-state index contributed by atoms with van der Waals surface area (Å²) in [6, 6.07) is 14.4. The molecule has 1 N–H and O–H groups in total. The Morgan fingerprint density at radius 1 is 1.15 bits per heavy atom. The molecule has 0 bridgehead atoms. The van der Waals surface area contributed by atoms with Crippen molar-refractivity contribution in [3.8, 4) is 22.8 Å². The van der Waals surface area contributed by atoms with Crippen LogP contribution in [0.2, 0.25) is 0 Å². The fourth-order valence-corrected chi connectivity index (χ4v) is 4.04. The maximum Gasteiger partial charge on any atom is 0.173 e. The molecule has 2 fully saturated rings. The number of nitrogens with one attached hydrogen (secondary N) is 1. The van der Waals surface area contributed by atoms with E-state index in [0.717, 1.165) is 42.5 Å². The molecule has 0 amide bonds. The van der Waals surface area contributed by atoms with Crippen molar-refractivity contribution in [2.75, 3.05) is 18.5 Å². The second-order valence-electron chi connectivity index (χ2n) is 9.25. The lowest BCUT2D eigenvalue weighted by Crippen LogP contribution is -2.43. The minimum absolute atomic E-state index is 0.163. The maximum atomic E-state index is 6.30. The summed E-state index contributed by atoms with van der Waals surface area (Å²) in [4.78, 5) is 4.44. The van der Waals surface area contributed by atoms with Crippen LogP contribution in [0.5, 0.6) is 11.5 Å². The van der Waals surface area contributed by atoms with Gasteiger partial charge in [-0.1, -0.05) is 37.3 Å². The van der Waals surface area contributed by atoms with Gasteiger partial charge in [0.1, 0.15) is 17.3 Å². The van der Waals surface area contributed by atoms with E-state index >= 15 is 0 Å². The van der Waals surface area contributed by atoms with Gasteiger partial charge in [0, 0.05) is 29.4 Å². The molecule has 8 nitrogen and oxygen atoms in total. The number of hydrogen-bond donors (Lipinski definition) is 1. The molecular formula is C25H26N6O2. The molecule has 2 aliphatic rings. The van der Waals surface area contributed by atoms with Gasteiger partial charge in [-0.15, -0.1) is 0 Å². The summed E-state index contributed by atoms with van der Waals surface area (Å²) in [6.07, 6.45) is 9.87. The quantitative estimate of drug-likeness (QED) is 0.411. The van der Waals surface area contributed by atoms with E-state index in [-0.39, 0.29) is 5.41 Å². The lowest BCUT2D eigenvalue weighted by molar-refractivity contribution is -0.111. The largest absolute Gasteiger partial charge is 0.453 e. The maximum absolute atomic E-state index is 6.30. The van der Waals surface area contributed by atoms with E-state index in [0.29, 0.717) is 17.6 Å². The Morgan fingerprint density at radius 3 is 2.76 bits per heavy atom. The normalized spacial score (nSPS) is 16.9. The highest BCUT2D eigenvalue weighted by molar-refractivity contribution is 5.66. The first kappa shape index (κ1) is 20.0. The Balaban J connectivity index is 1.20. The lowest BCUT2D eigenvalue weighted by atomic mass is 9.89. The van der Waals surface area contributed by atoms with E-state index in [1.54, 1.807) is 6.20 Å². The molecule has 4 aromatic rings. The molecule has 0 radical (unpaired) electrons. The molecule has 8 heteroatoms. The number of benzene rings is 1. The van der Waals surface area contributed by atoms with Gasteiger partial charge in [-0.3, -0.25) is 9.36 Å². The van der Waals surface area contributed by atoms with Crippen LogP contribution in [0.25, 0.3) is 11.3 Å². The molecule has 6 rings (SSSR count). The summed E-state index contributed by atoms with van der Waals surface area (Å²) < 4.78 is 15.6. The van der Waals surface area contributed by atoms with Crippen molar-refractivity contribution in [3.05, 3.63) is 67.3 Å². The summed E-state index contributed by atoms with van der Waals surface area (Å²) in [5, 5.41) is 12.6. The SMILES string of the molecule is CC1(Cn2cc(Nc3cc(Oc4cn(C5CC5)nc4-c4ccccc4)ccn3)cn2)COC1. The zero-order valence-corrected chi connectivity index (χ0v) is 18.5. The minimum atomic E-state index is 0.163. The Hall–Kier alpha value is -3.65. The van der Waals surface area contributed by atoms with Crippen molar-refractivity contribution < 1.29 is 9.47 Å². The molecule has 0 unspecified atom stereocenters. The van der Waals surface area contributed by atoms with Crippen molar-refractivity contribution in [1.29, 1.82) is 0 Å². The van der Waals surface area contributed by atoms with Crippen molar-refractivity contribution in [3.63, 3.8) is 0 Å². The monoisotopic (exact) mass is 442 g/mol. The van der Waals surface area contributed by atoms with E-state index in [1.807, 2.05) is 58.3 Å². The predicted octanol–water partition coefficient (Wildman–Crippen LogP) is 5.05. The zero-order valence-electron chi connectivity index (χ0n) is 18.5. The van der Waals surface area contributed by atoms with Gasteiger partial charge in [-0.25, -0.2) is 4.98 Å². The highest BCUT2D eigenvalue weighted by atomic mass is 16.5. The third-order valence-electron chi connectivity index (χ3n) is 5.98. The van der Waals surface area contributed by atoms with E-state index in [2.05, 4.69) is 34.5 Å². The van der Waals surface area contributed by atoms with Crippen LogP contribution >= 0.6 is 0 Å². The van der Waals surface area contributed by atoms with Gasteiger partial charge in [-0.2, -0.15) is 10.2 Å². The third-order valence-corrected chi connectivity index (χ3v) is 5.98. The van der Waals surface area contributed by atoms with Crippen LogP contribution in [0.15, 0.2) is 67.3 Å². The van der Waals surface area contributed by atoms with Gasteiger partial charge in [0.05, 0.1) is 43.9 Å². The van der Waals surface area contributed by atoms with Crippen molar-refractivity contribution >= 4 is 11.5 Å². The number of hydrogen-bond acceptors (Lipinski definition) is 6. The van der Waals surface area contributed by atoms with Gasteiger partial charge >= 0.3 is 0 Å². The number of pyridine rings is 1. The smallest absolute Gasteiger partial charge is 0.173 e. The summed E-state index contributed by atoms with van der Waals surface area (Å²) in [6.45, 7) is 4.60. The Morgan fingerprint density at radius 2 is 2.00 bits per heavy atom. The van der Waals surface area contributed by atoms with E-state index in [9.17, 15) is 0 Å². The van der Waals surface area contributed by atoms with E-state index < -0.39 is 0 Å². The van der Waals surface area contributed by atoms with Crippen LogP contribution in [0.3, 0.4) is 0 Å². The zero-order chi connectivity index (χ0) is 22.3. The first-order valence-corrected chi connectivity index (χ1v) is 11.3.